The Bertz CT molecular complexity index is 602. The number of alkyl halides is 5. The summed E-state index contributed by atoms with van der Waals surface area (Å²) >= 11 is 0. The molecule has 0 fully saturated rings. The normalized spacial score (nSPS) is 9.31. The molecule has 0 unspecified atom stereocenters. The topological polar surface area (TPSA) is 145 Å². The van der Waals surface area contributed by atoms with Gasteiger partial charge in [0, 0.05) is 34.1 Å². The molecular formula is C14H29F5N6O3S. The maximum Gasteiger partial charge on any atom is 0.386 e. The van der Waals surface area contributed by atoms with Crippen LogP contribution in [0.3, 0.4) is 0 Å². The lowest BCUT2D eigenvalue weighted by Crippen LogP contribution is -2.10. The predicted molar refractivity (Wildman–Crippen MR) is 98.3 cm³/mol. The summed E-state index contributed by atoms with van der Waals surface area (Å²) in [5.41, 5.74) is 4.47. The minimum absolute atomic E-state index is 0.188. The van der Waals surface area contributed by atoms with Gasteiger partial charge in [0.15, 0.2) is 0 Å². The summed E-state index contributed by atoms with van der Waals surface area (Å²) in [5.74, 6) is -0.333. The Kier molecular flexibility index (Phi) is 28.3. The Labute approximate surface area is 168 Å². The number of aryl methyl sites for hydroxylation is 1. The zero-order valence-electron chi connectivity index (χ0n) is 17.6. The van der Waals surface area contributed by atoms with E-state index in [0.717, 1.165) is 6.92 Å². The monoisotopic (exact) mass is 456 g/mol. The van der Waals surface area contributed by atoms with E-state index in [-0.39, 0.29) is 18.1 Å². The highest BCUT2D eigenvalue weighted by Gasteiger charge is 2.15. The van der Waals surface area contributed by atoms with Crippen LogP contribution in [0.5, 0.6) is 0 Å². The highest BCUT2D eigenvalue weighted by Crippen LogP contribution is 2.10. The van der Waals surface area contributed by atoms with Crippen molar-refractivity contribution in [3.63, 3.8) is 0 Å². The number of carbonyl (C=O) groups is 1. The standard InChI is InChI=1S/C4H10O2S.C2H3F3.C2H4F2.C2H4N4.C2H5NO.C2H3N/c1-4(2)7(3,5)6;1-2(3,4)5;1-2(3)4;1-6-2-3-4-5-6;1-2(3)4;1-2-3/h4H,1-3H3;1H3;2H,1H3;2H,1H3;1H3,(H2,3,4);1H3. The molecule has 0 aliphatic heterocycles. The molecule has 0 aromatic carbocycles. The number of sulfone groups is 1. The number of rotatable bonds is 1. The third-order valence-corrected chi connectivity index (χ3v) is 3.02. The van der Waals surface area contributed by atoms with Crippen molar-refractivity contribution in [2.45, 2.75) is 59.4 Å². The molecular weight excluding hydrogens is 427 g/mol. The van der Waals surface area contributed by atoms with E-state index in [1.807, 2.05) is 0 Å². The molecule has 1 heterocycles. The average Bonchev–Trinajstić information content (AvgIpc) is 2.87. The fraction of sp³-hybridized carbons (Fsp3) is 0.786. The van der Waals surface area contributed by atoms with Crippen molar-refractivity contribution >= 4 is 15.7 Å². The van der Waals surface area contributed by atoms with Gasteiger partial charge in [-0.1, -0.05) is 0 Å². The van der Waals surface area contributed by atoms with E-state index < -0.39 is 22.4 Å². The van der Waals surface area contributed by atoms with Crippen LogP contribution in [-0.4, -0.2) is 58.6 Å². The molecule has 0 radical (unpaired) electrons. The van der Waals surface area contributed by atoms with Crippen LogP contribution in [0.2, 0.25) is 0 Å². The number of halogens is 5. The second-order valence-corrected chi connectivity index (χ2v) is 7.60. The van der Waals surface area contributed by atoms with Gasteiger partial charge in [0.2, 0.25) is 12.3 Å². The highest BCUT2D eigenvalue weighted by molar-refractivity contribution is 7.91. The molecule has 0 aliphatic carbocycles. The summed E-state index contributed by atoms with van der Waals surface area (Å²) in [4.78, 5) is 9.22. The minimum Gasteiger partial charge on any atom is -0.370 e. The van der Waals surface area contributed by atoms with Crippen molar-refractivity contribution in [3.8, 4) is 6.07 Å². The third-order valence-electron chi connectivity index (χ3n) is 1.31. The first-order chi connectivity index (χ1) is 12.7. The lowest BCUT2D eigenvalue weighted by Gasteiger charge is -1.96. The molecule has 1 aromatic rings. The minimum atomic E-state index is -4.00. The number of tetrazole rings is 1. The lowest BCUT2D eigenvalue weighted by atomic mass is 10.6. The average molecular weight is 456 g/mol. The number of carbonyl (C=O) groups excluding carboxylic acids is 1. The second-order valence-electron chi connectivity index (χ2n) is 5.00. The van der Waals surface area contributed by atoms with Crippen molar-refractivity contribution in [1.29, 1.82) is 5.26 Å². The third kappa shape index (κ3) is 127. The van der Waals surface area contributed by atoms with Gasteiger partial charge in [-0.15, -0.1) is 5.10 Å². The second kappa shape index (κ2) is 21.9. The first kappa shape index (κ1) is 37.4. The molecule has 0 saturated carbocycles. The quantitative estimate of drug-likeness (QED) is 0.639. The van der Waals surface area contributed by atoms with Gasteiger partial charge in [0.1, 0.15) is 16.2 Å². The van der Waals surface area contributed by atoms with Crippen LogP contribution in [0.1, 0.15) is 41.5 Å². The molecule has 2 N–H and O–H groups in total. The SMILES string of the molecule is CC#N.CC(C)S(C)(=O)=O.CC(F)(F)F.CC(F)F.CC(N)=O.Cn1cnnn1. The van der Waals surface area contributed by atoms with Gasteiger partial charge in [-0.05, 0) is 31.2 Å². The molecule has 1 rings (SSSR count). The van der Waals surface area contributed by atoms with Gasteiger partial charge in [0.25, 0.3) is 0 Å². The Morgan fingerprint density at radius 1 is 1.24 bits per heavy atom. The van der Waals surface area contributed by atoms with Crippen LogP contribution in [0.25, 0.3) is 0 Å². The molecule has 29 heavy (non-hydrogen) atoms. The molecule has 0 aliphatic rings. The molecule has 0 spiro atoms. The molecule has 1 aromatic heterocycles. The fourth-order valence-corrected chi connectivity index (χ4v) is 0.207. The smallest absolute Gasteiger partial charge is 0.370 e. The van der Waals surface area contributed by atoms with Gasteiger partial charge >= 0.3 is 6.18 Å². The first-order valence-electron chi connectivity index (χ1n) is 7.49. The Hall–Kier alpha value is -2.37. The van der Waals surface area contributed by atoms with Crippen LogP contribution in [-0.2, 0) is 21.7 Å². The van der Waals surface area contributed by atoms with Crippen molar-refractivity contribution in [2.24, 2.45) is 12.8 Å². The van der Waals surface area contributed by atoms with Gasteiger partial charge in [-0.25, -0.2) is 21.9 Å². The van der Waals surface area contributed by atoms with Gasteiger partial charge < -0.3 is 5.73 Å². The summed E-state index contributed by atoms with van der Waals surface area (Å²) in [6.07, 6.45) is -3.41. The van der Waals surface area contributed by atoms with Crippen molar-refractivity contribution < 1.29 is 35.2 Å². The highest BCUT2D eigenvalue weighted by atomic mass is 32.2. The Morgan fingerprint density at radius 3 is 1.48 bits per heavy atom. The number of primary amides is 1. The predicted octanol–water partition coefficient (Wildman–Crippen LogP) is 2.51. The summed E-state index contributed by atoms with van der Waals surface area (Å²) in [6.45, 7) is 7.08. The van der Waals surface area contributed by atoms with Crippen LogP contribution < -0.4 is 5.73 Å². The molecule has 9 nitrogen and oxygen atoms in total. The number of amides is 1. The molecule has 0 bridgehead atoms. The number of nitriles is 1. The van der Waals surface area contributed by atoms with E-state index in [1.54, 1.807) is 27.0 Å². The summed E-state index contributed by atoms with van der Waals surface area (Å²) in [6, 6.07) is 1.75. The van der Waals surface area contributed by atoms with Crippen LogP contribution in [0.4, 0.5) is 22.0 Å². The molecule has 0 atom stereocenters. The number of hydrogen-bond acceptors (Lipinski definition) is 7. The van der Waals surface area contributed by atoms with Crippen molar-refractivity contribution in [2.75, 3.05) is 6.26 Å². The zero-order valence-corrected chi connectivity index (χ0v) is 18.4. The van der Waals surface area contributed by atoms with Gasteiger partial charge in [-0.3, -0.25) is 4.79 Å². The van der Waals surface area contributed by atoms with Crippen molar-refractivity contribution in [3.05, 3.63) is 6.33 Å². The summed E-state index contributed by atoms with van der Waals surface area (Å²) in [7, 11) is -0.977. The van der Waals surface area contributed by atoms with Gasteiger partial charge in [-0.2, -0.15) is 18.4 Å². The molecule has 174 valence electrons. The first-order valence-corrected chi connectivity index (χ1v) is 9.45. The number of nitrogens with two attached hydrogens (primary N) is 1. The summed E-state index contributed by atoms with van der Waals surface area (Å²) < 4.78 is 73.9. The van der Waals surface area contributed by atoms with E-state index in [4.69, 9.17) is 5.26 Å². The molecule has 1 amide bonds. The maximum absolute atomic E-state index is 10.4. The number of hydrogen-bond donors (Lipinski definition) is 1. The lowest BCUT2D eigenvalue weighted by molar-refractivity contribution is -0.116. The van der Waals surface area contributed by atoms with E-state index >= 15 is 0 Å². The Morgan fingerprint density at radius 2 is 1.45 bits per heavy atom. The van der Waals surface area contributed by atoms with E-state index in [2.05, 4.69) is 21.3 Å². The zero-order chi connectivity index (χ0) is 24.8. The van der Waals surface area contributed by atoms with Gasteiger partial charge in [0.05, 0.1) is 11.3 Å². The van der Waals surface area contributed by atoms with Crippen LogP contribution >= 0.6 is 0 Å². The van der Waals surface area contributed by atoms with Crippen LogP contribution in [0.15, 0.2) is 6.33 Å². The number of aromatic nitrogens is 4. The van der Waals surface area contributed by atoms with E-state index in [9.17, 15) is 35.2 Å². The van der Waals surface area contributed by atoms with E-state index in [1.165, 1.54) is 31.1 Å². The maximum atomic E-state index is 10.4. The number of nitrogens with zero attached hydrogens (tertiary/aromatic N) is 5. The Balaban J connectivity index is -0.0000000814. The molecule has 15 heteroatoms. The fourth-order valence-electron chi connectivity index (χ4n) is 0.207. The molecule has 0 saturated heterocycles. The van der Waals surface area contributed by atoms with Crippen LogP contribution in [0, 0.1) is 11.3 Å². The largest absolute Gasteiger partial charge is 0.386 e. The van der Waals surface area contributed by atoms with E-state index in [0.29, 0.717) is 0 Å². The van der Waals surface area contributed by atoms with Crippen molar-refractivity contribution in [1.82, 2.24) is 20.2 Å². The summed E-state index contributed by atoms with van der Waals surface area (Å²) in [5, 5.41) is 17.3.